The highest BCUT2D eigenvalue weighted by atomic mass is 19.1. The van der Waals surface area contributed by atoms with Gasteiger partial charge in [0.05, 0.1) is 5.69 Å². The number of aromatic amines is 1. The van der Waals surface area contributed by atoms with Gasteiger partial charge in [-0.2, -0.15) is 5.10 Å². The fraction of sp³-hybridized carbons (Fsp3) is 0.286. The maximum atomic E-state index is 12.8. The number of halogens is 1. The van der Waals surface area contributed by atoms with E-state index in [9.17, 15) is 9.18 Å². The smallest absolute Gasteiger partial charge is 0.271 e. The molecule has 4 nitrogen and oxygen atoms in total. The molecule has 0 radical (unpaired) electrons. The van der Waals surface area contributed by atoms with Gasteiger partial charge in [-0.3, -0.25) is 9.89 Å². The molecule has 0 saturated heterocycles. The summed E-state index contributed by atoms with van der Waals surface area (Å²) in [5.74, 6) is -0.411. The third-order valence-electron chi connectivity index (χ3n) is 3.04. The van der Waals surface area contributed by atoms with E-state index in [1.807, 2.05) is 13.8 Å². The predicted molar refractivity (Wildman–Crippen MR) is 71.2 cm³/mol. The summed E-state index contributed by atoms with van der Waals surface area (Å²) in [7, 11) is 1.74. The first-order valence-electron chi connectivity index (χ1n) is 6.07. The molecular formula is C14H16FN3O. The summed E-state index contributed by atoms with van der Waals surface area (Å²) in [4.78, 5) is 13.7. The lowest BCUT2D eigenvalue weighted by Gasteiger charge is -2.20. The van der Waals surface area contributed by atoms with Gasteiger partial charge < -0.3 is 4.90 Å². The summed E-state index contributed by atoms with van der Waals surface area (Å²) in [6.07, 6.45) is 0. The minimum Gasteiger partial charge on any atom is -0.338 e. The van der Waals surface area contributed by atoms with Crippen molar-refractivity contribution in [2.24, 2.45) is 0 Å². The molecule has 0 fully saturated rings. The number of nitrogens with one attached hydrogen (secondary N) is 1. The Balaban J connectivity index is 2.24. The molecule has 1 N–H and O–H groups in total. The molecule has 19 heavy (non-hydrogen) atoms. The number of amides is 1. The molecule has 1 heterocycles. The Morgan fingerprint density at radius 2 is 1.95 bits per heavy atom. The molecule has 0 aliphatic carbocycles. The molecular weight excluding hydrogens is 245 g/mol. The van der Waals surface area contributed by atoms with Gasteiger partial charge in [0, 0.05) is 18.7 Å². The normalized spacial score (nSPS) is 10.8. The molecule has 0 atom stereocenters. The lowest BCUT2D eigenvalue weighted by molar-refractivity contribution is 0.0749. The Bertz CT molecular complexity index is 575. The SMILES string of the molecule is CC(C)N(C)C(=O)c1cc(-c2ccc(F)cc2)n[nH]1. The van der Waals surface area contributed by atoms with Crippen molar-refractivity contribution in [1.82, 2.24) is 15.1 Å². The van der Waals surface area contributed by atoms with Crippen molar-refractivity contribution in [2.45, 2.75) is 19.9 Å². The number of nitrogens with zero attached hydrogens (tertiary/aromatic N) is 2. The summed E-state index contributed by atoms with van der Waals surface area (Å²) >= 11 is 0. The molecule has 2 aromatic rings. The summed E-state index contributed by atoms with van der Waals surface area (Å²) in [5.41, 5.74) is 1.82. The Labute approximate surface area is 111 Å². The van der Waals surface area contributed by atoms with E-state index in [0.717, 1.165) is 5.56 Å². The van der Waals surface area contributed by atoms with Crippen molar-refractivity contribution in [3.05, 3.63) is 41.8 Å². The van der Waals surface area contributed by atoms with Gasteiger partial charge in [-0.25, -0.2) is 4.39 Å². The molecule has 0 bridgehead atoms. The molecule has 1 aromatic carbocycles. The van der Waals surface area contributed by atoms with Crippen LogP contribution in [0.1, 0.15) is 24.3 Å². The van der Waals surface area contributed by atoms with Gasteiger partial charge in [0.15, 0.2) is 0 Å². The van der Waals surface area contributed by atoms with Crippen LogP contribution in [-0.2, 0) is 0 Å². The summed E-state index contributed by atoms with van der Waals surface area (Å²) in [6, 6.07) is 7.79. The molecule has 1 amide bonds. The number of benzene rings is 1. The number of carbonyl (C=O) groups excluding carboxylic acids is 1. The van der Waals surface area contributed by atoms with E-state index >= 15 is 0 Å². The minimum absolute atomic E-state index is 0.115. The van der Waals surface area contributed by atoms with Crippen LogP contribution in [0.25, 0.3) is 11.3 Å². The Hall–Kier alpha value is -2.17. The topological polar surface area (TPSA) is 49.0 Å². The molecule has 2 rings (SSSR count). The maximum absolute atomic E-state index is 12.8. The highest BCUT2D eigenvalue weighted by molar-refractivity contribution is 5.93. The molecule has 0 unspecified atom stereocenters. The zero-order valence-corrected chi connectivity index (χ0v) is 11.1. The first kappa shape index (κ1) is 13.3. The van der Waals surface area contributed by atoms with Gasteiger partial charge in [-0.1, -0.05) is 0 Å². The quantitative estimate of drug-likeness (QED) is 0.923. The van der Waals surface area contributed by atoms with Gasteiger partial charge in [-0.05, 0) is 44.2 Å². The third-order valence-corrected chi connectivity index (χ3v) is 3.04. The molecule has 0 spiro atoms. The fourth-order valence-electron chi connectivity index (χ4n) is 1.62. The number of aromatic nitrogens is 2. The number of H-pyrrole nitrogens is 1. The van der Waals surface area contributed by atoms with E-state index in [4.69, 9.17) is 0 Å². The van der Waals surface area contributed by atoms with Gasteiger partial charge in [0.25, 0.3) is 5.91 Å². The Kier molecular flexibility index (Phi) is 3.64. The van der Waals surface area contributed by atoms with Crippen molar-refractivity contribution in [3.63, 3.8) is 0 Å². The number of hydrogen-bond acceptors (Lipinski definition) is 2. The maximum Gasteiger partial charge on any atom is 0.271 e. The highest BCUT2D eigenvalue weighted by Gasteiger charge is 2.17. The number of rotatable bonds is 3. The van der Waals surface area contributed by atoms with Gasteiger partial charge in [-0.15, -0.1) is 0 Å². The number of hydrogen-bond donors (Lipinski definition) is 1. The van der Waals surface area contributed by atoms with Gasteiger partial charge in [0.1, 0.15) is 11.5 Å². The second kappa shape index (κ2) is 5.22. The molecule has 0 aliphatic rings. The second-order valence-corrected chi connectivity index (χ2v) is 4.68. The van der Waals surface area contributed by atoms with E-state index in [2.05, 4.69) is 10.2 Å². The first-order chi connectivity index (χ1) is 8.99. The van der Waals surface area contributed by atoms with Crippen molar-refractivity contribution >= 4 is 5.91 Å². The molecule has 100 valence electrons. The first-order valence-corrected chi connectivity index (χ1v) is 6.07. The van der Waals surface area contributed by atoms with Crippen LogP contribution in [-0.4, -0.2) is 34.1 Å². The van der Waals surface area contributed by atoms with E-state index in [0.29, 0.717) is 11.4 Å². The Morgan fingerprint density at radius 1 is 1.32 bits per heavy atom. The van der Waals surface area contributed by atoms with Crippen LogP contribution in [0, 0.1) is 5.82 Å². The number of carbonyl (C=O) groups is 1. The van der Waals surface area contributed by atoms with Gasteiger partial charge >= 0.3 is 0 Å². The minimum atomic E-state index is -0.296. The standard InChI is InChI=1S/C14H16FN3O/c1-9(2)18(3)14(19)13-8-12(16-17-13)10-4-6-11(15)7-5-10/h4-9H,1-3H3,(H,16,17). The third kappa shape index (κ3) is 2.81. The lowest BCUT2D eigenvalue weighted by Crippen LogP contribution is -2.33. The largest absolute Gasteiger partial charge is 0.338 e. The lowest BCUT2D eigenvalue weighted by atomic mass is 10.1. The molecule has 0 aliphatic heterocycles. The summed E-state index contributed by atoms with van der Waals surface area (Å²) in [5, 5.41) is 6.80. The molecule has 0 saturated carbocycles. The predicted octanol–water partition coefficient (Wildman–Crippen LogP) is 2.70. The molecule has 1 aromatic heterocycles. The average Bonchev–Trinajstić information content (AvgIpc) is 2.87. The van der Waals surface area contributed by atoms with Crippen LogP contribution >= 0.6 is 0 Å². The van der Waals surface area contributed by atoms with Crippen LogP contribution in [0.5, 0.6) is 0 Å². The van der Waals surface area contributed by atoms with E-state index in [-0.39, 0.29) is 17.8 Å². The fourth-order valence-corrected chi connectivity index (χ4v) is 1.62. The molecule has 5 heteroatoms. The van der Waals surface area contributed by atoms with Crippen LogP contribution in [0.2, 0.25) is 0 Å². The van der Waals surface area contributed by atoms with Crippen molar-refractivity contribution in [1.29, 1.82) is 0 Å². The van der Waals surface area contributed by atoms with Crippen molar-refractivity contribution < 1.29 is 9.18 Å². The van der Waals surface area contributed by atoms with Crippen LogP contribution in [0.4, 0.5) is 4.39 Å². The highest BCUT2D eigenvalue weighted by Crippen LogP contribution is 2.18. The van der Waals surface area contributed by atoms with Crippen molar-refractivity contribution in [2.75, 3.05) is 7.05 Å². The summed E-state index contributed by atoms with van der Waals surface area (Å²) < 4.78 is 12.8. The van der Waals surface area contributed by atoms with Crippen LogP contribution in [0.15, 0.2) is 30.3 Å². The zero-order chi connectivity index (χ0) is 14.0. The summed E-state index contributed by atoms with van der Waals surface area (Å²) in [6.45, 7) is 3.88. The van der Waals surface area contributed by atoms with Crippen LogP contribution in [0.3, 0.4) is 0 Å². The van der Waals surface area contributed by atoms with E-state index in [1.54, 1.807) is 30.1 Å². The second-order valence-electron chi connectivity index (χ2n) is 4.68. The average molecular weight is 261 g/mol. The van der Waals surface area contributed by atoms with Gasteiger partial charge in [0.2, 0.25) is 0 Å². The monoisotopic (exact) mass is 261 g/mol. The Morgan fingerprint density at radius 3 is 2.53 bits per heavy atom. The van der Waals surface area contributed by atoms with E-state index in [1.165, 1.54) is 12.1 Å². The van der Waals surface area contributed by atoms with Crippen molar-refractivity contribution in [3.8, 4) is 11.3 Å². The van der Waals surface area contributed by atoms with E-state index < -0.39 is 0 Å². The zero-order valence-electron chi connectivity index (χ0n) is 11.1. The van der Waals surface area contributed by atoms with Crippen LogP contribution < -0.4 is 0 Å².